The summed E-state index contributed by atoms with van der Waals surface area (Å²) in [6.07, 6.45) is 3.59. The third-order valence-corrected chi connectivity index (χ3v) is 4.22. The monoisotopic (exact) mass is 389 g/mol. The zero-order chi connectivity index (χ0) is 20.2. The maximum absolute atomic E-state index is 13.1. The number of hydrogen-bond acceptors (Lipinski definition) is 4. The first kappa shape index (κ1) is 18.3. The van der Waals surface area contributed by atoms with Crippen molar-refractivity contribution in [1.29, 1.82) is 0 Å². The van der Waals surface area contributed by atoms with E-state index in [2.05, 4.69) is 15.5 Å². The Labute approximate surface area is 165 Å². The number of anilines is 1. The van der Waals surface area contributed by atoms with Gasteiger partial charge >= 0.3 is 0 Å². The molecule has 0 saturated carbocycles. The highest BCUT2D eigenvalue weighted by Gasteiger charge is 2.11. The van der Waals surface area contributed by atoms with E-state index in [1.54, 1.807) is 23.0 Å². The molecule has 2 heterocycles. The molecule has 0 bridgehead atoms. The first-order valence-electron chi connectivity index (χ1n) is 8.82. The van der Waals surface area contributed by atoms with E-state index in [9.17, 15) is 14.0 Å². The fourth-order valence-electron chi connectivity index (χ4n) is 2.77. The molecule has 2 aromatic heterocycles. The van der Waals surface area contributed by atoms with Crippen molar-refractivity contribution in [2.45, 2.75) is 6.54 Å². The Kier molecular flexibility index (Phi) is 4.98. The molecule has 144 valence electrons. The summed E-state index contributed by atoms with van der Waals surface area (Å²) in [5, 5.41) is 11.0. The lowest BCUT2D eigenvalue weighted by atomic mass is 10.2. The van der Waals surface area contributed by atoms with Crippen LogP contribution in [0.1, 0.15) is 16.1 Å². The van der Waals surface area contributed by atoms with Gasteiger partial charge in [0, 0.05) is 24.1 Å². The first-order chi connectivity index (χ1) is 14.1. The number of nitrogens with zero attached hydrogens (tertiary/aromatic N) is 4. The highest BCUT2D eigenvalue weighted by Crippen LogP contribution is 2.12. The highest BCUT2D eigenvalue weighted by molar-refractivity contribution is 6.02. The normalized spacial score (nSPS) is 10.7. The van der Waals surface area contributed by atoms with Gasteiger partial charge < -0.3 is 5.32 Å². The van der Waals surface area contributed by atoms with Crippen molar-refractivity contribution in [1.82, 2.24) is 19.6 Å². The van der Waals surface area contributed by atoms with Gasteiger partial charge in [-0.2, -0.15) is 14.9 Å². The number of carbonyl (C=O) groups excluding carboxylic acids is 1. The van der Waals surface area contributed by atoms with Gasteiger partial charge in [0.25, 0.3) is 11.5 Å². The number of aromatic nitrogens is 4. The van der Waals surface area contributed by atoms with Gasteiger partial charge in [-0.25, -0.2) is 4.39 Å². The van der Waals surface area contributed by atoms with E-state index in [1.807, 2.05) is 24.4 Å². The van der Waals surface area contributed by atoms with E-state index in [4.69, 9.17) is 0 Å². The molecule has 2 aromatic carbocycles. The molecule has 1 N–H and O–H groups in total. The molecule has 4 rings (SSSR count). The summed E-state index contributed by atoms with van der Waals surface area (Å²) in [7, 11) is 0. The molecular weight excluding hydrogens is 373 g/mol. The molecule has 0 unspecified atom stereocenters. The number of halogens is 1. The molecule has 8 heteroatoms. The Bertz CT molecular complexity index is 1180. The summed E-state index contributed by atoms with van der Waals surface area (Å²) in [5.74, 6) is -0.882. The number of rotatable bonds is 5. The van der Waals surface area contributed by atoms with Crippen molar-refractivity contribution in [2.24, 2.45) is 0 Å². The van der Waals surface area contributed by atoms with Gasteiger partial charge in [0.15, 0.2) is 0 Å². The third kappa shape index (κ3) is 4.27. The topological polar surface area (TPSA) is 81.8 Å². The minimum atomic E-state index is -0.458. The average molecular weight is 389 g/mol. The van der Waals surface area contributed by atoms with Crippen LogP contribution in [0.15, 0.2) is 83.9 Å². The van der Waals surface area contributed by atoms with E-state index in [1.165, 1.54) is 36.4 Å². The van der Waals surface area contributed by atoms with Crippen LogP contribution >= 0.6 is 0 Å². The van der Waals surface area contributed by atoms with Crippen LogP contribution < -0.4 is 10.9 Å². The van der Waals surface area contributed by atoms with Crippen molar-refractivity contribution < 1.29 is 9.18 Å². The van der Waals surface area contributed by atoms with Crippen LogP contribution in [0.2, 0.25) is 0 Å². The lowest BCUT2D eigenvalue weighted by Crippen LogP contribution is -2.24. The summed E-state index contributed by atoms with van der Waals surface area (Å²) < 4.78 is 16.0. The van der Waals surface area contributed by atoms with Crippen LogP contribution in [0.4, 0.5) is 10.1 Å². The lowest BCUT2D eigenvalue weighted by molar-refractivity contribution is 0.102. The minimum Gasteiger partial charge on any atom is -0.321 e. The molecule has 0 radical (unpaired) electrons. The van der Waals surface area contributed by atoms with Crippen LogP contribution in [0.25, 0.3) is 5.69 Å². The molecule has 0 atom stereocenters. The smallest absolute Gasteiger partial charge is 0.276 e. The molecule has 0 aliphatic rings. The molecule has 0 aliphatic carbocycles. The average Bonchev–Trinajstić information content (AvgIpc) is 3.23. The van der Waals surface area contributed by atoms with E-state index >= 15 is 0 Å². The van der Waals surface area contributed by atoms with Gasteiger partial charge in [-0.1, -0.05) is 12.1 Å². The molecule has 1 amide bonds. The zero-order valence-corrected chi connectivity index (χ0v) is 15.2. The Balaban J connectivity index is 1.50. The Hall–Kier alpha value is -4.07. The van der Waals surface area contributed by atoms with Gasteiger partial charge in [0.2, 0.25) is 0 Å². The minimum absolute atomic E-state index is 0.0644. The maximum atomic E-state index is 13.1. The molecule has 7 nitrogen and oxygen atoms in total. The number of carbonyl (C=O) groups is 1. The molecule has 0 spiro atoms. The Morgan fingerprint density at radius 2 is 1.76 bits per heavy atom. The second kappa shape index (κ2) is 7.89. The number of nitrogens with one attached hydrogen (secondary N) is 1. The van der Waals surface area contributed by atoms with Gasteiger partial charge in [-0.15, -0.1) is 0 Å². The lowest BCUT2D eigenvalue weighted by Gasteiger charge is -2.09. The van der Waals surface area contributed by atoms with Gasteiger partial charge in [-0.3, -0.25) is 14.3 Å². The number of benzene rings is 2. The summed E-state index contributed by atoms with van der Waals surface area (Å²) in [6.45, 7) is 0.630. The fraction of sp³-hybridized carbons (Fsp3) is 0.0476. The largest absolute Gasteiger partial charge is 0.321 e. The third-order valence-electron chi connectivity index (χ3n) is 4.22. The van der Waals surface area contributed by atoms with Gasteiger partial charge in [0.1, 0.15) is 11.5 Å². The molecule has 0 aliphatic heterocycles. The van der Waals surface area contributed by atoms with Crippen LogP contribution in [-0.4, -0.2) is 25.5 Å². The van der Waals surface area contributed by atoms with Crippen molar-refractivity contribution in [2.75, 3.05) is 5.32 Å². The van der Waals surface area contributed by atoms with E-state index < -0.39 is 17.3 Å². The van der Waals surface area contributed by atoms with Gasteiger partial charge in [0.05, 0.1) is 12.2 Å². The second-order valence-electron chi connectivity index (χ2n) is 6.30. The highest BCUT2D eigenvalue weighted by atomic mass is 19.1. The van der Waals surface area contributed by atoms with Crippen LogP contribution in [0, 0.1) is 5.82 Å². The predicted molar refractivity (Wildman–Crippen MR) is 106 cm³/mol. The summed E-state index contributed by atoms with van der Waals surface area (Å²) in [6, 6.07) is 17.1. The van der Waals surface area contributed by atoms with E-state index in [0.717, 1.165) is 10.2 Å². The maximum Gasteiger partial charge on any atom is 0.276 e. The van der Waals surface area contributed by atoms with Crippen molar-refractivity contribution in [3.63, 3.8) is 0 Å². The second-order valence-corrected chi connectivity index (χ2v) is 6.30. The van der Waals surface area contributed by atoms with E-state index in [0.29, 0.717) is 17.9 Å². The van der Waals surface area contributed by atoms with Gasteiger partial charge in [-0.05, 0) is 54.1 Å². The van der Waals surface area contributed by atoms with Crippen LogP contribution in [0.5, 0.6) is 0 Å². The first-order valence-corrected chi connectivity index (χ1v) is 8.82. The van der Waals surface area contributed by atoms with Crippen molar-refractivity contribution >= 4 is 11.6 Å². The molecule has 29 heavy (non-hydrogen) atoms. The molecule has 0 fully saturated rings. The van der Waals surface area contributed by atoms with E-state index in [-0.39, 0.29) is 5.69 Å². The zero-order valence-electron chi connectivity index (χ0n) is 15.2. The number of hydrogen-bond donors (Lipinski definition) is 1. The van der Waals surface area contributed by atoms with Crippen molar-refractivity contribution in [3.05, 3.63) is 107 Å². The predicted octanol–water partition coefficient (Wildman–Crippen LogP) is 2.87. The quantitative estimate of drug-likeness (QED) is 0.569. The molecule has 0 saturated heterocycles. The fourth-order valence-corrected chi connectivity index (χ4v) is 2.77. The summed E-state index contributed by atoms with van der Waals surface area (Å²) in [4.78, 5) is 24.6. The summed E-state index contributed by atoms with van der Waals surface area (Å²) >= 11 is 0. The van der Waals surface area contributed by atoms with Crippen molar-refractivity contribution in [3.8, 4) is 5.69 Å². The molecular formula is C21H16FN5O2. The standard InChI is InChI=1S/C21H16FN5O2/c22-16-4-8-18(9-5-16)27-20(28)11-10-19(25-27)21(29)24-17-6-2-15(3-7-17)14-26-13-1-12-23-26/h1-13H,14H2,(H,24,29). The molecule has 4 aromatic rings. The van der Waals surface area contributed by atoms with Crippen LogP contribution in [0.3, 0.4) is 0 Å². The van der Waals surface area contributed by atoms with Crippen LogP contribution in [-0.2, 0) is 6.54 Å². The SMILES string of the molecule is O=C(Nc1ccc(Cn2cccn2)cc1)c1ccc(=O)n(-c2ccc(F)cc2)n1. The Morgan fingerprint density at radius 1 is 1.00 bits per heavy atom. The summed E-state index contributed by atoms with van der Waals surface area (Å²) in [5.41, 5.74) is 1.65. The Morgan fingerprint density at radius 3 is 2.45 bits per heavy atom. The number of amides is 1.